The molecule has 0 atom stereocenters. The van der Waals surface area contributed by atoms with Gasteiger partial charge in [0.25, 0.3) is 0 Å². The smallest absolute Gasteiger partial charge is 0.207 e. The fourth-order valence-corrected chi connectivity index (χ4v) is 4.39. The molecule has 0 amide bonds. The van der Waals surface area contributed by atoms with E-state index in [0.717, 1.165) is 0 Å². The molecule has 4 nitrogen and oxygen atoms in total. The number of sulfone groups is 1. The first-order valence-electron chi connectivity index (χ1n) is 6.92. The number of aryl methyl sites for hydroxylation is 2. The summed E-state index contributed by atoms with van der Waals surface area (Å²) >= 11 is 0. The van der Waals surface area contributed by atoms with Gasteiger partial charge in [0, 0.05) is 5.56 Å². The van der Waals surface area contributed by atoms with Gasteiger partial charge in [-0.05, 0) is 75.1 Å². The van der Waals surface area contributed by atoms with Crippen molar-refractivity contribution in [2.75, 3.05) is 0 Å². The lowest BCUT2D eigenvalue weighted by Crippen LogP contribution is -2.08. The third kappa shape index (κ3) is 2.46. The van der Waals surface area contributed by atoms with E-state index in [1.807, 2.05) is 0 Å². The molecule has 2 N–H and O–H groups in total. The van der Waals surface area contributed by atoms with E-state index in [1.165, 1.54) is 12.1 Å². The number of phenolic OH excluding ortho intramolecular Hbond substituents is 2. The van der Waals surface area contributed by atoms with Crippen LogP contribution < -0.4 is 0 Å². The Hall–Kier alpha value is -2.01. The highest BCUT2D eigenvalue weighted by molar-refractivity contribution is 7.91. The van der Waals surface area contributed by atoms with Crippen LogP contribution in [0.15, 0.2) is 28.0 Å². The van der Waals surface area contributed by atoms with Gasteiger partial charge in [-0.2, -0.15) is 0 Å². The number of hydrogen-bond acceptors (Lipinski definition) is 4. The molecule has 0 radical (unpaired) electrons. The van der Waals surface area contributed by atoms with Gasteiger partial charge in [-0.15, -0.1) is 0 Å². The SMILES string of the molecule is Cc1cc(O)cc(S(=O)(=O)c2cc(C)c(C)c(O)c2C)c1C. The molecule has 22 heavy (non-hydrogen) atoms. The van der Waals surface area contributed by atoms with Gasteiger partial charge >= 0.3 is 0 Å². The van der Waals surface area contributed by atoms with Gasteiger partial charge in [0.2, 0.25) is 9.84 Å². The molecule has 2 aromatic carbocycles. The molecule has 0 fully saturated rings. The van der Waals surface area contributed by atoms with Gasteiger partial charge < -0.3 is 10.2 Å². The van der Waals surface area contributed by atoms with Crippen molar-refractivity contribution in [3.8, 4) is 11.5 Å². The molecule has 0 aliphatic carbocycles. The summed E-state index contributed by atoms with van der Waals surface area (Å²) in [4.78, 5) is 0.136. The number of rotatable bonds is 2. The van der Waals surface area contributed by atoms with Crippen molar-refractivity contribution in [3.63, 3.8) is 0 Å². The van der Waals surface area contributed by atoms with Crippen LogP contribution in [0, 0.1) is 34.6 Å². The molecule has 0 saturated carbocycles. The highest BCUT2D eigenvalue weighted by atomic mass is 32.2. The Morgan fingerprint density at radius 1 is 0.727 bits per heavy atom. The van der Waals surface area contributed by atoms with E-state index in [0.29, 0.717) is 27.8 Å². The van der Waals surface area contributed by atoms with E-state index < -0.39 is 9.84 Å². The second-order valence-electron chi connectivity index (χ2n) is 5.68. The van der Waals surface area contributed by atoms with Crippen LogP contribution in [0.4, 0.5) is 0 Å². The fraction of sp³-hybridized carbons (Fsp3) is 0.294. The Morgan fingerprint density at radius 2 is 1.23 bits per heavy atom. The molecular weight excluding hydrogens is 300 g/mol. The Labute approximate surface area is 131 Å². The quantitative estimate of drug-likeness (QED) is 0.888. The maximum absolute atomic E-state index is 13.0. The van der Waals surface area contributed by atoms with Crippen LogP contribution in [-0.2, 0) is 9.84 Å². The first-order chi connectivity index (χ1) is 10.1. The highest BCUT2D eigenvalue weighted by Crippen LogP contribution is 2.36. The zero-order valence-corrected chi connectivity index (χ0v) is 14.2. The highest BCUT2D eigenvalue weighted by Gasteiger charge is 2.26. The van der Waals surface area contributed by atoms with Crippen LogP contribution in [0.5, 0.6) is 11.5 Å². The number of benzene rings is 2. The molecule has 2 aromatic rings. The van der Waals surface area contributed by atoms with Gasteiger partial charge in [-0.1, -0.05) is 0 Å². The van der Waals surface area contributed by atoms with Crippen molar-refractivity contribution in [2.24, 2.45) is 0 Å². The standard InChI is InChI=1S/C17H20O4S/c1-9-6-14(18)8-16(11(9)3)22(20,21)15-7-10(2)12(4)17(19)13(15)5/h6-8,18-19H,1-5H3. The van der Waals surface area contributed by atoms with Crippen molar-refractivity contribution < 1.29 is 18.6 Å². The zero-order chi connectivity index (χ0) is 16.8. The lowest BCUT2D eigenvalue weighted by molar-refractivity contribution is 0.463. The van der Waals surface area contributed by atoms with Crippen LogP contribution >= 0.6 is 0 Å². The summed E-state index contributed by atoms with van der Waals surface area (Å²) < 4.78 is 25.9. The number of hydrogen-bond donors (Lipinski definition) is 2. The molecule has 0 bridgehead atoms. The molecule has 0 aliphatic heterocycles. The minimum Gasteiger partial charge on any atom is -0.508 e. The maximum atomic E-state index is 13.0. The summed E-state index contributed by atoms with van der Waals surface area (Å²) in [5.74, 6) is -0.0968. The largest absolute Gasteiger partial charge is 0.508 e. The van der Waals surface area contributed by atoms with Gasteiger partial charge in [-0.25, -0.2) is 8.42 Å². The minimum absolute atomic E-state index is 0.00639. The van der Waals surface area contributed by atoms with Crippen molar-refractivity contribution in [1.82, 2.24) is 0 Å². The predicted octanol–water partition coefficient (Wildman–Crippen LogP) is 3.47. The van der Waals surface area contributed by atoms with Gasteiger partial charge in [-0.3, -0.25) is 0 Å². The first kappa shape index (κ1) is 16.4. The predicted molar refractivity (Wildman–Crippen MR) is 85.4 cm³/mol. The van der Waals surface area contributed by atoms with E-state index >= 15 is 0 Å². The summed E-state index contributed by atoms with van der Waals surface area (Å²) in [5, 5.41) is 19.9. The van der Waals surface area contributed by atoms with Crippen LogP contribution in [0.1, 0.15) is 27.8 Å². The van der Waals surface area contributed by atoms with Crippen molar-refractivity contribution >= 4 is 9.84 Å². The summed E-state index contributed by atoms with van der Waals surface area (Å²) in [6.45, 7) is 8.54. The Bertz CT molecular complexity index is 865. The minimum atomic E-state index is -3.83. The lowest BCUT2D eigenvalue weighted by atomic mass is 10.1. The number of phenols is 2. The molecule has 0 aliphatic rings. The third-order valence-corrected chi connectivity index (χ3v) is 6.21. The molecule has 0 saturated heterocycles. The molecule has 118 valence electrons. The zero-order valence-electron chi connectivity index (χ0n) is 13.4. The topological polar surface area (TPSA) is 74.6 Å². The first-order valence-corrected chi connectivity index (χ1v) is 8.40. The Kier molecular flexibility index (Phi) is 3.96. The number of aromatic hydroxyl groups is 2. The molecule has 0 heterocycles. The van der Waals surface area contributed by atoms with Gasteiger partial charge in [0.05, 0.1) is 9.79 Å². The average Bonchev–Trinajstić information content (AvgIpc) is 2.44. The fourth-order valence-electron chi connectivity index (χ4n) is 2.48. The summed E-state index contributed by atoms with van der Waals surface area (Å²) in [6.07, 6.45) is 0. The molecule has 2 rings (SSSR count). The van der Waals surface area contributed by atoms with Crippen LogP contribution in [-0.4, -0.2) is 18.6 Å². The average molecular weight is 320 g/mol. The van der Waals surface area contributed by atoms with E-state index in [9.17, 15) is 18.6 Å². The van der Waals surface area contributed by atoms with Crippen LogP contribution in [0.3, 0.4) is 0 Å². The van der Waals surface area contributed by atoms with Gasteiger partial charge in [0.1, 0.15) is 11.5 Å². The second-order valence-corrected chi connectivity index (χ2v) is 7.57. The van der Waals surface area contributed by atoms with Crippen molar-refractivity contribution in [1.29, 1.82) is 0 Å². The van der Waals surface area contributed by atoms with E-state index in [1.54, 1.807) is 40.7 Å². The molecular formula is C17H20O4S. The van der Waals surface area contributed by atoms with Crippen molar-refractivity contribution in [2.45, 2.75) is 44.4 Å². The molecule has 0 unspecified atom stereocenters. The lowest BCUT2D eigenvalue weighted by Gasteiger charge is -2.16. The van der Waals surface area contributed by atoms with Gasteiger partial charge in [0.15, 0.2) is 0 Å². The molecule has 5 heteroatoms. The van der Waals surface area contributed by atoms with Crippen LogP contribution in [0.2, 0.25) is 0 Å². The second kappa shape index (κ2) is 5.32. The van der Waals surface area contributed by atoms with Crippen molar-refractivity contribution in [3.05, 3.63) is 46.0 Å². The Balaban J connectivity index is 2.83. The third-order valence-electron chi connectivity index (χ3n) is 4.20. The summed E-state index contributed by atoms with van der Waals surface area (Å²) in [7, 11) is -3.83. The molecule has 0 spiro atoms. The van der Waals surface area contributed by atoms with E-state index in [-0.39, 0.29) is 21.3 Å². The van der Waals surface area contributed by atoms with E-state index in [4.69, 9.17) is 0 Å². The molecule has 0 aromatic heterocycles. The van der Waals surface area contributed by atoms with E-state index in [2.05, 4.69) is 0 Å². The monoisotopic (exact) mass is 320 g/mol. The summed E-state index contributed by atoms with van der Waals surface area (Å²) in [6, 6.07) is 4.35. The maximum Gasteiger partial charge on any atom is 0.207 e. The summed E-state index contributed by atoms with van der Waals surface area (Å²) in [5.41, 5.74) is 2.99. The Morgan fingerprint density at radius 3 is 1.82 bits per heavy atom. The van der Waals surface area contributed by atoms with Crippen LogP contribution in [0.25, 0.3) is 0 Å². The normalized spacial score (nSPS) is 11.7.